The Morgan fingerprint density at radius 1 is 1.00 bits per heavy atom. The van der Waals surface area contributed by atoms with Crippen LogP contribution in [0.5, 0.6) is 0 Å². The largest absolute Gasteiger partial charge is 0.330 e. The summed E-state index contributed by atoms with van der Waals surface area (Å²) in [5.74, 6) is 0.456. The van der Waals surface area contributed by atoms with E-state index in [1.165, 1.54) is 6.92 Å². The maximum atomic E-state index is 11.4. The van der Waals surface area contributed by atoms with Crippen LogP contribution in [0.15, 0.2) is 84.0 Å². The number of hydrogen-bond donors (Lipinski definition) is 3. The molecule has 1 atom stereocenters. The SMILES string of the molecule is C=C1C(c2ccccc2)N=C(NC(C)=O)N1CCCCN.CC.CC(C)(C)C.SI.c1ccccc1. The van der Waals surface area contributed by atoms with Crippen LogP contribution in [-0.4, -0.2) is 29.9 Å². The van der Waals surface area contributed by atoms with Gasteiger partial charge in [-0.05, 0) is 51.6 Å². The molecule has 202 valence electrons. The highest BCUT2D eigenvalue weighted by Crippen LogP contribution is 2.32. The van der Waals surface area contributed by atoms with Gasteiger partial charge in [0.05, 0.1) is 0 Å². The highest BCUT2D eigenvalue weighted by molar-refractivity contribution is 14.2. The molecule has 1 unspecified atom stereocenters. The summed E-state index contributed by atoms with van der Waals surface area (Å²) in [4.78, 5) is 18.0. The average Bonchev–Trinajstić information content (AvgIpc) is 3.17. The molecular weight excluding hydrogens is 579 g/mol. The molecule has 5 nitrogen and oxygen atoms in total. The Hall–Kier alpha value is -1.84. The first-order valence-electron chi connectivity index (χ1n) is 12.4. The van der Waals surface area contributed by atoms with Gasteiger partial charge in [-0.1, -0.05) is 115 Å². The Morgan fingerprint density at radius 2 is 1.42 bits per heavy atom. The number of unbranched alkanes of at least 4 members (excludes halogenated alkanes) is 1. The van der Waals surface area contributed by atoms with Gasteiger partial charge in [0.1, 0.15) is 6.04 Å². The summed E-state index contributed by atoms with van der Waals surface area (Å²) in [6, 6.07) is 21.8. The maximum absolute atomic E-state index is 11.4. The molecule has 36 heavy (non-hydrogen) atoms. The summed E-state index contributed by atoms with van der Waals surface area (Å²) in [6.07, 6.45) is 1.88. The molecule has 1 heterocycles. The Labute approximate surface area is 238 Å². The maximum Gasteiger partial charge on any atom is 0.223 e. The van der Waals surface area contributed by atoms with Crippen molar-refractivity contribution in [2.24, 2.45) is 16.1 Å². The number of guanidine groups is 1. The van der Waals surface area contributed by atoms with Crippen molar-refractivity contribution < 1.29 is 4.79 Å². The number of nitrogens with two attached hydrogens (primary N) is 1. The summed E-state index contributed by atoms with van der Waals surface area (Å²) < 4.78 is 0. The highest BCUT2D eigenvalue weighted by Gasteiger charge is 2.30. The van der Waals surface area contributed by atoms with Crippen molar-refractivity contribution in [1.82, 2.24) is 10.2 Å². The molecular formula is C29H47IN4OS. The van der Waals surface area contributed by atoms with Gasteiger partial charge in [0.25, 0.3) is 0 Å². The van der Waals surface area contributed by atoms with E-state index in [-0.39, 0.29) is 11.9 Å². The van der Waals surface area contributed by atoms with Gasteiger partial charge < -0.3 is 10.6 Å². The van der Waals surface area contributed by atoms with Gasteiger partial charge in [-0.15, -0.1) is 9.80 Å². The minimum atomic E-state index is -0.133. The van der Waals surface area contributed by atoms with Crippen molar-refractivity contribution in [2.45, 2.75) is 67.3 Å². The number of thiol groups is 1. The predicted molar refractivity (Wildman–Crippen MR) is 170 cm³/mol. The van der Waals surface area contributed by atoms with Crippen LogP contribution in [0, 0.1) is 5.41 Å². The van der Waals surface area contributed by atoms with Gasteiger partial charge in [0, 0.05) is 19.2 Å². The molecule has 3 N–H and O–H groups in total. The van der Waals surface area contributed by atoms with Crippen LogP contribution in [-0.2, 0) is 4.79 Å². The predicted octanol–water partition coefficient (Wildman–Crippen LogP) is 7.82. The lowest BCUT2D eigenvalue weighted by Crippen LogP contribution is -2.40. The number of nitrogens with one attached hydrogen (secondary N) is 1. The van der Waals surface area contributed by atoms with Crippen LogP contribution in [0.2, 0.25) is 0 Å². The van der Waals surface area contributed by atoms with Gasteiger partial charge in [0.2, 0.25) is 11.9 Å². The standard InChI is InChI=1S/C16H22N4O.C6H6.C5H12.C2H6.HIS/c1-12-15(14-8-4-3-5-9-14)19-16(18-13(2)21)20(12)11-7-6-10-17;1-2-4-6-5-3-1;1-5(2,3)4;2*1-2/h3-5,8-9,15H,1,6-7,10-11,17H2,2H3,(H,18,19,21);1-6H;1-4H3;1-2H3;2H. The summed E-state index contributed by atoms with van der Waals surface area (Å²) >= 11 is 1.84. The van der Waals surface area contributed by atoms with E-state index in [2.05, 4.69) is 54.4 Å². The topological polar surface area (TPSA) is 70.7 Å². The third-order valence-corrected chi connectivity index (χ3v) is 4.08. The molecule has 2 aromatic rings. The minimum Gasteiger partial charge on any atom is -0.330 e. The highest BCUT2D eigenvalue weighted by atomic mass is 127. The average molecular weight is 627 g/mol. The van der Waals surface area contributed by atoms with Crippen LogP contribution in [0.3, 0.4) is 0 Å². The van der Waals surface area contributed by atoms with E-state index in [1.54, 1.807) is 0 Å². The van der Waals surface area contributed by atoms with Gasteiger partial charge >= 0.3 is 0 Å². The molecule has 2 aromatic carbocycles. The lowest BCUT2D eigenvalue weighted by atomic mass is 10.0. The van der Waals surface area contributed by atoms with E-state index < -0.39 is 0 Å². The molecule has 0 saturated heterocycles. The number of carbonyl (C=O) groups excluding carboxylic acids is 1. The van der Waals surface area contributed by atoms with Crippen LogP contribution < -0.4 is 11.1 Å². The second-order valence-electron chi connectivity index (χ2n) is 9.24. The van der Waals surface area contributed by atoms with Crippen molar-refractivity contribution in [3.8, 4) is 0 Å². The Bertz CT molecular complexity index is 807. The quantitative estimate of drug-likeness (QED) is 0.180. The first-order chi connectivity index (χ1) is 17.1. The first-order valence-corrected chi connectivity index (χ1v) is 15.6. The third kappa shape index (κ3) is 18.4. The van der Waals surface area contributed by atoms with E-state index in [0.717, 1.165) is 30.6 Å². The van der Waals surface area contributed by atoms with Crippen LogP contribution in [0.1, 0.15) is 72.9 Å². The van der Waals surface area contributed by atoms with Gasteiger partial charge in [0.15, 0.2) is 0 Å². The fourth-order valence-corrected chi connectivity index (χ4v) is 2.76. The molecule has 0 saturated carbocycles. The molecule has 7 heteroatoms. The van der Waals surface area contributed by atoms with E-state index in [9.17, 15) is 4.79 Å². The Morgan fingerprint density at radius 3 is 1.81 bits per heavy atom. The fraction of sp³-hybridized carbons (Fsp3) is 0.448. The third-order valence-electron chi connectivity index (χ3n) is 4.08. The molecule has 0 radical (unpaired) electrons. The second kappa shape index (κ2) is 22.4. The molecule has 0 fully saturated rings. The number of rotatable bonds is 5. The molecule has 0 spiro atoms. The van der Waals surface area contributed by atoms with Crippen LogP contribution in [0.25, 0.3) is 0 Å². The number of aliphatic imine (C=N–C) groups is 1. The lowest BCUT2D eigenvalue weighted by Gasteiger charge is -2.22. The first kappa shape index (κ1) is 36.3. The second-order valence-corrected chi connectivity index (χ2v) is 9.24. The molecule has 1 aliphatic rings. The lowest BCUT2D eigenvalue weighted by molar-refractivity contribution is -0.117. The van der Waals surface area contributed by atoms with Crippen molar-refractivity contribution in [3.05, 3.63) is 84.6 Å². The smallest absolute Gasteiger partial charge is 0.223 e. The van der Waals surface area contributed by atoms with Crippen LogP contribution >= 0.6 is 31.0 Å². The number of amides is 1. The minimum absolute atomic E-state index is 0.126. The molecule has 1 amide bonds. The molecule has 0 aliphatic carbocycles. The van der Waals surface area contributed by atoms with E-state index in [0.29, 0.717) is 17.9 Å². The molecule has 0 bridgehead atoms. The zero-order valence-corrected chi connectivity index (χ0v) is 26.2. The van der Waals surface area contributed by atoms with Crippen molar-refractivity contribution >= 4 is 42.9 Å². The van der Waals surface area contributed by atoms with Crippen molar-refractivity contribution in [1.29, 1.82) is 0 Å². The Balaban J connectivity index is 0. The van der Waals surface area contributed by atoms with E-state index in [4.69, 9.17) is 5.73 Å². The summed E-state index contributed by atoms with van der Waals surface area (Å²) in [7, 11) is 3.50. The van der Waals surface area contributed by atoms with Gasteiger partial charge in [-0.3, -0.25) is 10.1 Å². The fourth-order valence-electron chi connectivity index (χ4n) is 2.76. The molecule has 1 aliphatic heterocycles. The zero-order valence-electron chi connectivity index (χ0n) is 23.2. The molecule has 0 aromatic heterocycles. The van der Waals surface area contributed by atoms with Gasteiger partial charge in [-0.2, -0.15) is 0 Å². The zero-order chi connectivity index (χ0) is 28.0. The normalized spacial score (nSPS) is 13.7. The summed E-state index contributed by atoms with van der Waals surface area (Å²) in [6.45, 7) is 19.8. The van der Waals surface area contributed by atoms with E-state index >= 15 is 0 Å². The number of carbonyl (C=O) groups is 1. The number of benzene rings is 2. The van der Waals surface area contributed by atoms with E-state index in [1.807, 2.05) is 107 Å². The number of halogens is 1. The summed E-state index contributed by atoms with van der Waals surface area (Å²) in [5.41, 5.74) is 8.01. The number of hydrogen-bond acceptors (Lipinski definition) is 5. The Kier molecular flexibility index (Phi) is 22.6. The number of nitrogens with zero attached hydrogens (tertiary/aromatic N) is 2. The van der Waals surface area contributed by atoms with Crippen molar-refractivity contribution in [2.75, 3.05) is 13.1 Å². The van der Waals surface area contributed by atoms with Crippen LogP contribution in [0.4, 0.5) is 0 Å². The van der Waals surface area contributed by atoms with Crippen molar-refractivity contribution in [3.63, 3.8) is 0 Å². The van der Waals surface area contributed by atoms with Gasteiger partial charge in [-0.25, -0.2) is 4.99 Å². The molecule has 3 rings (SSSR count). The monoisotopic (exact) mass is 626 g/mol. The summed E-state index contributed by atoms with van der Waals surface area (Å²) in [5, 5.41) is 2.79.